The zero-order valence-electron chi connectivity index (χ0n) is 45.1. The number of nitro groups is 1. The van der Waals surface area contributed by atoms with Crippen molar-refractivity contribution in [3.8, 4) is 23.4 Å². The second-order valence-corrected chi connectivity index (χ2v) is 26.5. The molecule has 0 bridgehead atoms. The van der Waals surface area contributed by atoms with Gasteiger partial charge in [0.25, 0.3) is 14.2 Å². The number of benzene rings is 4. The maximum atomic E-state index is 11.3. The summed E-state index contributed by atoms with van der Waals surface area (Å²) in [6.07, 6.45) is -1.06. The average Bonchev–Trinajstić information content (AvgIpc) is 3.97. The van der Waals surface area contributed by atoms with Gasteiger partial charge in [-0.3, -0.25) is 14.7 Å². The summed E-state index contributed by atoms with van der Waals surface area (Å²) in [7, 11) is 0.466. The van der Waals surface area contributed by atoms with Gasteiger partial charge in [-0.15, -0.1) is 0 Å². The molecule has 1 unspecified atom stereocenters. The minimum Gasteiger partial charge on any atom is -0.497 e. The standard InChI is InChI=1S/C55H71N8O10PSi/c1-37(2)62(38(3)4)74(70-33-16-32-56)72-48-46(35-69-55(40-17-14-13-15-18-40,41-21-27-44(66-9)28-22-41)42-23-29-45(67-10)30-24-42)71-52(49(48)73-75(11,12)54(5,6)7)61-36-58-47-50(61)59-53(57-8)60-51(47)68-34-31-39-19-25-43(26-20-39)63(64)65/h13-15,17-30,36-38,46,48-49,52H,16,31,33-35H2,1-12H3,(H,57,59,60)/t46-,48-,49-,52-,74?/m1/s1. The molecule has 5 atom stereocenters. The highest BCUT2D eigenvalue weighted by atomic mass is 31.2. The fraction of sp³-hybridized carbons (Fsp3) is 0.455. The molecule has 2 aromatic heterocycles. The third-order valence-electron chi connectivity index (χ3n) is 13.7. The molecule has 1 aliphatic rings. The molecule has 18 nitrogen and oxygen atoms in total. The Hall–Kier alpha value is -6.07. The van der Waals surface area contributed by atoms with Crippen LogP contribution in [0.2, 0.25) is 18.1 Å². The summed E-state index contributed by atoms with van der Waals surface area (Å²) in [5.41, 5.74) is 3.01. The zero-order chi connectivity index (χ0) is 54.1. The predicted molar refractivity (Wildman–Crippen MR) is 291 cm³/mol. The molecular weight excluding hydrogens is 992 g/mol. The van der Waals surface area contributed by atoms with E-state index in [9.17, 15) is 15.4 Å². The van der Waals surface area contributed by atoms with E-state index in [2.05, 4.69) is 94.7 Å². The van der Waals surface area contributed by atoms with Gasteiger partial charge in [-0.05, 0) is 92.3 Å². The van der Waals surface area contributed by atoms with Crippen LogP contribution in [0, 0.1) is 21.4 Å². The summed E-state index contributed by atoms with van der Waals surface area (Å²) in [5.74, 6) is 1.91. The molecule has 0 saturated carbocycles. The number of nitrogens with one attached hydrogen (secondary N) is 1. The topological polar surface area (TPSA) is 200 Å². The minimum absolute atomic E-state index is 0.00488. The second kappa shape index (κ2) is 24.7. The van der Waals surface area contributed by atoms with E-state index in [1.165, 1.54) is 12.1 Å². The van der Waals surface area contributed by atoms with Crippen molar-refractivity contribution in [3.63, 3.8) is 0 Å². The van der Waals surface area contributed by atoms with Crippen LogP contribution in [0.4, 0.5) is 11.6 Å². The Labute approximate surface area is 442 Å². The zero-order valence-corrected chi connectivity index (χ0v) is 46.9. The molecule has 1 saturated heterocycles. The largest absolute Gasteiger partial charge is 0.497 e. The first-order valence-electron chi connectivity index (χ1n) is 25.2. The number of fused-ring (bicyclic) bond motifs is 1. The number of imidazole rings is 1. The van der Waals surface area contributed by atoms with E-state index in [1.54, 1.807) is 39.7 Å². The second-order valence-electron chi connectivity index (χ2n) is 20.3. The molecule has 4 aromatic carbocycles. The fourth-order valence-corrected chi connectivity index (χ4v) is 11.9. The van der Waals surface area contributed by atoms with Crippen LogP contribution < -0.4 is 19.5 Å². The average molecular weight is 1060 g/mol. The molecule has 0 radical (unpaired) electrons. The molecule has 6 aromatic rings. The monoisotopic (exact) mass is 1060 g/mol. The van der Waals surface area contributed by atoms with Crippen molar-refractivity contribution in [3.05, 3.63) is 142 Å². The maximum Gasteiger partial charge on any atom is 0.269 e. The van der Waals surface area contributed by atoms with Gasteiger partial charge in [-0.2, -0.15) is 15.2 Å². The summed E-state index contributed by atoms with van der Waals surface area (Å²) in [5, 5.41) is 23.8. The third kappa shape index (κ3) is 12.8. The van der Waals surface area contributed by atoms with Crippen LogP contribution in [0.25, 0.3) is 11.2 Å². The molecule has 75 heavy (non-hydrogen) atoms. The highest BCUT2D eigenvalue weighted by molar-refractivity contribution is 7.44. The molecule has 0 spiro atoms. The molecule has 0 aliphatic carbocycles. The Morgan fingerprint density at radius 1 is 0.867 bits per heavy atom. The molecule has 0 amide bonds. The lowest BCUT2D eigenvalue weighted by Gasteiger charge is -2.42. The molecule has 1 aliphatic heterocycles. The van der Waals surface area contributed by atoms with Crippen LogP contribution in [-0.2, 0) is 35.0 Å². The number of hydrogen-bond donors (Lipinski definition) is 1. The normalized spacial score (nSPS) is 17.6. The molecule has 400 valence electrons. The Morgan fingerprint density at radius 2 is 1.47 bits per heavy atom. The van der Waals surface area contributed by atoms with Gasteiger partial charge in [-0.1, -0.05) is 87.5 Å². The lowest BCUT2D eigenvalue weighted by atomic mass is 9.80. The van der Waals surface area contributed by atoms with E-state index < -0.39 is 51.9 Å². The van der Waals surface area contributed by atoms with Gasteiger partial charge >= 0.3 is 0 Å². The summed E-state index contributed by atoms with van der Waals surface area (Å²) in [4.78, 5) is 25.4. The molecule has 20 heteroatoms. The van der Waals surface area contributed by atoms with E-state index >= 15 is 0 Å². The highest BCUT2D eigenvalue weighted by Gasteiger charge is 2.54. The fourth-order valence-electron chi connectivity index (χ4n) is 8.85. The SMILES string of the molecule is CNc1nc(OCCc2ccc([N+](=O)[O-])cc2)c2ncn([C@@H]3O[C@H](COC(c4ccccc4)(c4ccc(OC)cc4)c4ccc(OC)cc4)[C@@H](OP(OCCC#N)N(C(C)C)C(C)C)[C@H]3O[Si](C)(C)C(C)(C)C)c2n1. The van der Waals surface area contributed by atoms with Crippen molar-refractivity contribution in [1.82, 2.24) is 24.2 Å². The molecule has 1 fully saturated rings. The van der Waals surface area contributed by atoms with Crippen molar-refractivity contribution < 1.29 is 42.1 Å². The van der Waals surface area contributed by atoms with Crippen LogP contribution >= 0.6 is 8.53 Å². The summed E-state index contributed by atoms with van der Waals surface area (Å²) in [6.45, 7) is 19.7. The first-order valence-corrected chi connectivity index (χ1v) is 29.2. The molecular formula is C55H71N8O10PSi. The lowest BCUT2D eigenvalue weighted by Crippen LogP contribution is -2.50. The van der Waals surface area contributed by atoms with Gasteiger partial charge in [-0.25, -0.2) is 9.65 Å². The Morgan fingerprint density at radius 3 is 2.00 bits per heavy atom. The molecule has 7 rings (SSSR count). The molecule has 3 heterocycles. The van der Waals surface area contributed by atoms with Gasteiger partial charge in [0, 0.05) is 37.7 Å². The van der Waals surface area contributed by atoms with E-state index in [1.807, 2.05) is 71.3 Å². The summed E-state index contributed by atoms with van der Waals surface area (Å²) in [6, 6.07) is 34.4. The van der Waals surface area contributed by atoms with Gasteiger partial charge < -0.3 is 42.5 Å². The van der Waals surface area contributed by atoms with Gasteiger partial charge in [0.05, 0.1) is 57.8 Å². The Bertz CT molecular complexity index is 2790. The number of nitrogens with zero attached hydrogens (tertiary/aromatic N) is 7. The van der Waals surface area contributed by atoms with Crippen LogP contribution in [-0.4, -0.2) is 109 Å². The van der Waals surface area contributed by atoms with Crippen LogP contribution in [0.3, 0.4) is 0 Å². The number of nitriles is 1. The van der Waals surface area contributed by atoms with Crippen molar-refractivity contribution in [2.75, 3.05) is 46.4 Å². The highest BCUT2D eigenvalue weighted by Crippen LogP contribution is 2.53. The summed E-state index contributed by atoms with van der Waals surface area (Å²) >= 11 is 0. The first-order chi connectivity index (χ1) is 35.8. The number of rotatable bonds is 25. The Balaban J connectivity index is 1.39. The van der Waals surface area contributed by atoms with Gasteiger partial charge in [0.1, 0.15) is 35.4 Å². The predicted octanol–water partition coefficient (Wildman–Crippen LogP) is 11.4. The number of non-ortho nitro benzene ring substituents is 1. The summed E-state index contributed by atoms with van der Waals surface area (Å²) < 4.78 is 58.4. The smallest absolute Gasteiger partial charge is 0.269 e. The van der Waals surface area contributed by atoms with Crippen LogP contribution in [0.5, 0.6) is 17.4 Å². The number of aromatic nitrogens is 4. The van der Waals surface area contributed by atoms with E-state index in [0.717, 1.165) is 22.3 Å². The third-order valence-corrected chi connectivity index (χ3v) is 20.3. The Kier molecular flexibility index (Phi) is 18.7. The van der Waals surface area contributed by atoms with Crippen molar-refractivity contribution >= 4 is 39.6 Å². The van der Waals surface area contributed by atoms with E-state index in [4.69, 9.17) is 47.1 Å². The number of nitro benzene ring substituents is 1. The molecule has 1 N–H and O–H groups in total. The van der Waals surface area contributed by atoms with Crippen molar-refractivity contribution in [2.24, 2.45) is 0 Å². The van der Waals surface area contributed by atoms with Gasteiger partial charge in [0.15, 0.2) is 25.7 Å². The van der Waals surface area contributed by atoms with Gasteiger partial charge in [0.2, 0.25) is 11.8 Å². The van der Waals surface area contributed by atoms with Crippen LogP contribution in [0.15, 0.2) is 109 Å². The minimum atomic E-state index is -2.70. The number of ether oxygens (including phenoxy) is 5. The number of methoxy groups -OCH3 is 2. The number of anilines is 1. The first kappa shape index (κ1) is 56.6. The van der Waals surface area contributed by atoms with Crippen molar-refractivity contribution in [1.29, 1.82) is 5.26 Å². The quantitative estimate of drug-likeness (QED) is 0.0142. The maximum absolute atomic E-state index is 11.3. The lowest BCUT2D eigenvalue weighted by molar-refractivity contribution is -0.384. The van der Waals surface area contributed by atoms with Crippen LogP contribution in [0.1, 0.15) is 83.4 Å². The van der Waals surface area contributed by atoms with E-state index in [0.29, 0.717) is 29.1 Å². The number of hydrogen-bond acceptors (Lipinski definition) is 16. The van der Waals surface area contributed by atoms with Crippen molar-refractivity contribution in [2.45, 2.75) is 122 Å². The van der Waals surface area contributed by atoms with E-state index in [-0.39, 0.29) is 60.9 Å².